The van der Waals surface area contributed by atoms with Crippen LogP contribution in [-0.4, -0.2) is 17.5 Å². The standard InChI is InChI=1S/C21H39P/c1-18(15-16-21(2,3)4)17-22(19-11-7-5-8-12-19)20-13-9-6-10-14-20/h15,19-20H,5-14,16-17H2,1-4H3/b18-15+. The van der Waals surface area contributed by atoms with Gasteiger partial charge in [-0.15, -0.1) is 0 Å². The summed E-state index contributed by atoms with van der Waals surface area (Å²) in [5.41, 5.74) is 4.35. The van der Waals surface area contributed by atoms with Crippen LogP contribution in [0.5, 0.6) is 0 Å². The molecule has 2 fully saturated rings. The second-order valence-corrected chi connectivity index (χ2v) is 11.9. The minimum Gasteiger partial charge on any atom is -0.0962 e. The van der Waals surface area contributed by atoms with E-state index in [9.17, 15) is 0 Å². The van der Waals surface area contributed by atoms with Crippen molar-refractivity contribution in [1.29, 1.82) is 0 Å². The van der Waals surface area contributed by atoms with Gasteiger partial charge >= 0.3 is 0 Å². The molecule has 0 aromatic heterocycles. The van der Waals surface area contributed by atoms with Crippen LogP contribution in [0.25, 0.3) is 0 Å². The fraction of sp³-hybridized carbons (Fsp3) is 0.905. The van der Waals surface area contributed by atoms with E-state index in [1.54, 1.807) is 31.3 Å². The summed E-state index contributed by atoms with van der Waals surface area (Å²) in [6.07, 6.45) is 20.5. The Morgan fingerprint density at radius 3 is 1.73 bits per heavy atom. The van der Waals surface area contributed by atoms with Crippen LogP contribution in [0.4, 0.5) is 0 Å². The zero-order chi connectivity index (χ0) is 16.0. The first-order valence-corrected chi connectivity index (χ1v) is 11.5. The lowest BCUT2D eigenvalue weighted by Crippen LogP contribution is -2.22. The fourth-order valence-corrected chi connectivity index (χ4v) is 8.09. The van der Waals surface area contributed by atoms with Crippen LogP contribution < -0.4 is 0 Å². The summed E-state index contributed by atoms with van der Waals surface area (Å²) in [4.78, 5) is 0. The number of hydrogen-bond donors (Lipinski definition) is 0. The highest BCUT2D eigenvalue weighted by molar-refractivity contribution is 7.59. The molecule has 0 amide bonds. The van der Waals surface area contributed by atoms with E-state index in [2.05, 4.69) is 33.8 Å². The lowest BCUT2D eigenvalue weighted by Gasteiger charge is -2.39. The molecule has 2 saturated carbocycles. The Hall–Kier alpha value is 0.170. The molecule has 0 heterocycles. The maximum atomic E-state index is 2.57. The van der Waals surface area contributed by atoms with Crippen molar-refractivity contribution in [3.63, 3.8) is 0 Å². The highest BCUT2D eigenvalue weighted by Gasteiger charge is 2.30. The van der Waals surface area contributed by atoms with Crippen molar-refractivity contribution in [2.75, 3.05) is 6.16 Å². The average Bonchev–Trinajstić information content (AvgIpc) is 2.52. The quantitative estimate of drug-likeness (QED) is 0.363. The zero-order valence-electron chi connectivity index (χ0n) is 15.7. The van der Waals surface area contributed by atoms with E-state index in [1.165, 1.54) is 51.1 Å². The van der Waals surface area contributed by atoms with Gasteiger partial charge in [-0.3, -0.25) is 0 Å². The Morgan fingerprint density at radius 1 is 0.864 bits per heavy atom. The Bertz CT molecular complexity index is 319. The molecule has 2 rings (SSSR count). The minimum absolute atomic E-state index is 0.248. The van der Waals surface area contributed by atoms with E-state index in [0.717, 1.165) is 11.3 Å². The van der Waals surface area contributed by atoms with Crippen molar-refractivity contribution < 1.29 is 0 Å². The molecule has 0 bridgehead atoms. The third kappa shape index (κ3) is 6.35. The topological polar surface area (TPSA) is 0 Å². The second kappa shape index (κ2) is 8.86. The second-order valence-electron chi connectivity index (χ2n) is 9.07. The molecule has 0 radical (unpaired) electrons. The maximum Gasteiger partial charge on any atom is -0.0112 e. The number of hydrogen-bond acceptors (Lipinski definition) is 0. The van der Waals surface area contributed by atoms with Crippen LogP contribution in [0.15, 0.2) is 11.6 Å². The smallest absolute Gasteiger partial charge is 0.0112 e. The summed E-state index contributed by atoms with van der Waals surface area (Å²) in [6, 6.07) is 0. The van der Waals surface area contributed by atoms with Crippen molar-refractivity contribution in [1.82, 2.24) is 0 Å². The van der Waals surface area contributed by atoms with Gasteiger partial charge in [0.05, 0.1) is 0 Å². The first kappa shape index (κ1) is 18.5. The van der Waals surface area contributed by atoms with Crippen LogP contribution in [0.2, 0.25) is 0 Å². The van der Waals surface area contributed by atoms with Crippen LogP contribution in [0.1, 0.15) is 98.3 Å². The molecule has 2 aliphatic carbocycles. The first-order valence-electron chi connectivity index (χ1n) is 9.87. The number of rotatable bonds is 5. The summed E-state index contributed by atoms with van der Waals surface area (Å²) in [6.45, 7) is 9.51. The Kier molecular flexibility index (Phi) is 7.46. The summed E-state index contributed by atoms with van der Waals surface area (Å²) >= 11 is 0. The Balaban J connectivity index is 1.99. The molecule has 0 spiro atoms. The maximum absolute atomic E-state index is 2.57. The molecular formula is C21H39P. The SMILES string of the molecule is C/C(=C\CC(C)(C)C)CP(C1CCCCC1)C1CCCCC1. The predicted octanol–water partition coefficient (Wildman–Crippen LogP) is 7.52. The molecule has 0 aromatic carbocycles. The van der Waals surface area contributed by atoms with Gasteiger partial charge in [-0.1, -0.05) is 78.9 Å². The molecule has 0 nitrogen and oxygen atoms in total. The molecule has 0 N–H and O–H groups in total. The number of allylic oxidation sites excluding steroid dienone is 2. The zero-order valence-corrected chi connectivity index (χ0v) is 16.6. The third-order valence-corrected chi connectivity index (χ3v) is 9.36. The molecule has 1 heteroatoms. The summed E-state index contributed by atoms with van der Waals surface area (Å²) in [5, 5.41) is 0. The van der Waals surface area contributed by atoms with E-state index >= 15 is 0 Å². The molecule has 128 valence electrons. The Morgan fingerprint density at radius 2 is 1.32 bits per heavy atom. The van der Waals surface area contributed by atoms with Crippen molar-refractivity contribution in [2.24, 2.45) is 5.41 Å². The van der Waals surface area contributed by atoms with Crippen molar-refractivity contribution in [3.8, 4) is 0 Å². The molecular weight excluding hydrogens is 283 g/mol. The van der Waals surface area contributed by atoms with Crippen molar-refractivity contribution >= 4 is 7.92 Å². The highest BCUT2D eigenvalue weighted by atomic mass is 31.1. The highest BCUT2D eigenvalue weighted by Crippen LogP contribution is 2.56. The van der Waals surface area contributed by atoms with Gasteiger partial charge in [-0.25, -0.2) is 0 Å². The molecule has 0 aliphatic heterocycles. The third-order valence-electron chi connectivity index (χ3n) is 5.58. The lowest BCUT2D eigenvalue weighted by atomic mass is 9.91. The summed E-state index contributed by atoms with van der Waals surface area (Å²) < 4.78 is 0. The van der Waals surface area contributed by atoms with Crippen LogP contribution >= 0.6 is 7.92 Å². The van der Waals surface area contributed by atoms with Gasteiger partial charge < -0.3 is 0 Å². The van der Waals surface area contributed by atoms with Gasteiger partial charge in [0.15, 0.2) is 0 Å². The van der Waals surface area contributed by atoms with Crippen LogP contribution in [0.3, 0.4) is 0 Å². The van der Waals surface area contributed by atoms with E-state index in [0.29, 0.717) is 5.41 Å². The molecule has 0 aromatic rings. The van der Waals surface area contributed by atoms with Gasteiger partial charge in [0.1, 0.15) is 0 Å². The normalized spacial score (nSPS) is 23.2. The summed E-state index contributed by atoms with van der Waals surface area (Å²) in [7, 11) is 0.248. The van der Waals surface area contributed by atoms with E-state index < -0.39 is 0 Å². The predicted molar refractivity (Wildman–Crippen MR) is 103 cm³/mol. The average molecular weight is 323 g/mol. The molecule has 22 heavy (non-hydrogen) atoms. The summed E-state index contributed by atoms with van der Waals surface area (Å²) in [5.74, 6) is 0. The van der Waals surface area contributed by atoms with Gasteiger partial charge in [-0.2, -0.15) is 0 Å². The molecule has 0 unspecified atom stereocenters. The van der Waals surface area contributed by atoms with Crippen molar-refractivity contribution in [2.45, 2.75) is 110 Å². The van der Waals surface area contributed by atoms with Gasteiger partial charge in [-0.05, 0) is 61.9 Å². The monoisotopic (exact) mass is 322 g/mol. The van der Waals surface area contributed by atoms with E-state index in [4.69, 9.17) is 0 Å². The van der Waals surface area contributed by atoms with Gasteiger partial charge in [0.25, 0.3) is 0 Å². The largest absolute Gasteiger partial charge is 0.0962 e. The van der Waals surface area contributed by atoms with Crippen LogP contribution in [-0.2, 0) is 0 Å². The fourth-order valence-electron chi connectivity index (χ4n) is 4.21. The Labute approximate surface area is 141 Å². The minimum atomic E-state index is 0.248. The van der Waals surface area contributed by atoms with Crippen molar-refractivity contribution in [3.05, 3.63) is 11.6 Å². The molecule has 0 saturated heterocycles. The van der Waals surface area contributed by atoms with E-state index in [-0.39, 0.29) is 7.92 Å². The molecule has 2 aliphatic rings. The lowest BCUT2D eigenvalue weighted by molar-refractivity contribution is 0.419. The van der Waals surface area contributed by atoms with Gasteiger partial charge in [0, 0.05) is 0 Å². The van der Waals surface area contributed by atoms with Gasteiger partial charge in [0.2, 0.25) is 0 Å². The van der Waals surface area contributed by atoms with E-state index in [1.807, 2.05) is 0 Å². The van der Waals surface area contributed by atoms with Crippen LogP contribution in [0, 0.1) is 5.41 Å². The molecule has 0 atom stereocenters. The first-order chi connectivity index (χ1) is 10.5.